The van der Waals surface area contributed by atoms with Crippen molar-refractivity contribution < 1.29 is 28.6 Å². The molecule has 4 rings (SSSR count). The van der Waals surface area contributed by atoms with Crippen molar-refractivity contribution in [2.24, 2.45) is 0 Å². The molecule has 1 amide bonds. The number of ether oxygens (including phenoxy) is 2. The van der Waals surface area contributed by atoms with Gasteiger partial charge >= 0.3 is 5.97 Å². The maximum atomic E-state index is 14.2. The lowest BCUT2D eigenvalue weighted by molar-refractivity contribution is -0.137. The van der Waals surface area contributed by atoms with E-state index in [9.17, 15) is 19.1 Å². The molecule has 0 bridgehead atoms. The van der Waals surface area contributed by atoms with Gasteiger partial charge in [0.1, 0.15) is 29.5 Å². The highest BCUT2D eigenvalue weighted by molar-refractivity contribution is 5.96. The van der Waals surface area contributed by atoms with E-state index in [-0.39, 0.29) is 18.5 Å². The summed E-state index contributed by atoms with van der Waals surface area (Å²) in [7, 11) is 0. The SMILES string of the molecule is CC(C)Oc1cccc(CN(CC(=O)O)C(=O)c2ccc3c(c2)C[C@](C)(Cc2ccccc2F)O3)c1. The Morgan fingerprint density at radius 1 is 1.11 bits per heavy atom. The van der Waals surface area contributed by atoms with E-state index >= 15 is 0 Å². The molecule has 6 nitrogen and oxygen atoms in total. The largest absolute Gasteiger partial charge is 0.491 e. The number of benzene rings is 3. The van der Waals surface area contributed by atoms with Gasteiger partial charge in [0.25, 0.3) is 5.91 Å². The van der Waals surface area contributed by atoms with E-state index in [1.807, 2.05) is 45.0 Å². The van der Waals surface area contributed by atoms with Gasteiger partial charge in [-0.3, -0.25) is 9.59 Å². The third kappa shape index (κ3) is 6.03. The smallest absolute Gasteiger partial charge is 0.323 e. The number of carbonyl (C=O) groups excluding carboxylic acids is 1. The average molecular weight is 492 g/mol. The molecule has 36 heavy (non-hydrogen) atoms. The lowest BCUT2D eigenvalue weighted by atomic mass is 9.91. The number of carboxylic acids is 1. The second kappa shape index (κ2) is 10.4. The zero-order chi connectivity index (χ0) is 25.9. The van der Waals surface area contributed by atoms with E-state index in [2.05, 4.69) is 0 Å². The monoisotopic (exact) mass is 491 g/mol. The standard InChI is InChI=1S/C29H30FNO5/c1-19(2)35-24-9-6-7-20(13-24)17-31(18-27(32)33)28(34)21-11-12-26-23(14-21)16-29(3,36-26)15-22-8-4-5-10-25(22)30/h4-14,19H,15-18H2,1-3H3,(H,32,33)/t29-/m0/s1. The van der Waals surface area contributed by atoms with Crippen LogP contribution in [0.4, 0.5) is 4.39 Å². The Labute approximate surface area is 210 Å². The molecule has 0 spiro atoms. The molecule has 1 heterocycles. The van der Waals surface area contributed by atoms with Gasteiger partial charge in [-0.1, -0.05) is 30.3 Å². The average Bonchev–Trinajstić information content (AvgIpc) is 3.14. The van der Waals surface area contributed by atoms with Gasteiger partial charge < -0.3 is 19.5 Å². The number of carbonyl (C=O) groups is 2. The van der Waals surface area contributed by atoms with Gasteiger partial charge in [0.2, 0.25) is 0 Å². The van der Waals surface area contributed by atoms with Crippen molar-refractivity contribution in [2.75, 3.05) is 6.54 Å². The summed E-state index contributed by atoms with van der Waals surface area (Å²) < 4.78 is 26.1. The van der Waals surface area contributed by atoms with Crippen LogP contribution >= 0.6 is 0 Å². The minimum absolute atomic E-state index is 0.00490. The molecule has 0 saturated carbocycles. The van der Waals surface area contributed by atoms with Crippen molar-refractivity contribution in [3.63, 3.8) is 0 Å². The molecule has 3 aromatic rings. The second-order valence-electron chi connectivity index (χ2n) is 9.69. The quantitative estimate of drug-likeness (QED) is 0.441. The van der Waals surface area contributed by atoms with E-state index < -0.39 is 24.0 Å². The zero-order valence-electron chi connectivity index (χ0n) is 20.7. The van der Waals surface area contributed by atoms with Crippen LogP contribution in [0, 0.1) is 5.82 Å². The van der Waals surface area contributed by atoms with Crippen molar-refractivity contribution in [1.29, 1.82) is 0 Å². The fourth-order valence-corrected chi connectivity index (χ4v) is 4.55. The van der Waals surface area contributed by atoms with Crippen molar-refractivity contribution in [2.45, 2.75) is 51.9 Å². The van der Waals surface area contributed by atoms with Crippen LogP contribution in [0.1, 0.15) is 47.8 Å². The number of halogens is 1. The van der Waals surface area contributed by atoms with Crippen molar-refractivity contribution in [1.82, 2.24) is 4.90 Å². The summed E-state index contributed by atoms with van der Waals surface area (Å²) in [6, 6.07) is 19.0. The minimum atomic E-state index is -1.10. The molecule has 0 unspecified atom stereocenters. The van der Waals surface area contributed by atoms with Crippen molar-refractivity contribution in [3.8, 4) is 11.5 Å². The molecule has 3 aromatic carbocycles. The third-order valence-corrected chi connectivity index (χ3v) is 6.01. The van der Waals surface area contributed by atoms with E-state index in [1.54, 1.807) is 36.4 Å². The molecule has 1 N–H and O–H groups in total. The molecule has 1 aliphatic heterocycles. The van der Waals surface area contributed by atoms with Crippen LogP contribution in [0.2, 0.25) is 0 Å². The molecule has 7 heteroatoms. The van der Waals surface area contributed by atoms with Crippen LogP contribution in [-0.2, 0) is 24.2 Å². The molecular weight excluding hydrogens is 461 g/mol. The number of carboxylic acid groups (broad SMARTS) is 1. The second-order valence-corrected chi connectivity index (χ2v) is 9.69. The summed E-state index contributed by atoms with van der Waals surface area (Å²) in [5.74, 6) is -0.456. The predicted octanol–water partition coefficient (Wildman–Crippen LogP) is 5.28. The number of hydrogen-bond acceptors (Lipinski definition) is 4. The number of amides is 1. The number of fused-ring (bicyclic) bond motifs is 1. The van der Waals surface area contributed by atoms with Crippen LogP contribution in [-0.4, -0.2) is 40.1 Å². The Morgan fingerprint density at radius 2 is 1.89 bits per heavy atom. The first kappa shape index (κ1) is 25.2. The fourth-order valence-electron chi connectivity index (χ4n) is 4.55. The first-order valence-corrected chi connectivity index (χ1v) is 11.9. The predicted molar refractivity (Wildman–Crippen MR) is 134 cm³/mol. The van der Waals surface area contributed by atoms with Gasteiger partial charge in [-0.25, -0.2) is 4.39 Å². The summed E-state index contributed by atoms with van der Waals surface area (Å²) in [6.07, 6.45) is 0.887. The van der Waals surface area contributed by atoms with E-state index in [1.165, 1.54) is 11.0 Å². The Hall–Kier alpha value is -3.87. The van der Waals surface area contributed by atoms with Gasteiger partial charge in [0, 0.05) is 24.9 Å². The maximum Gasteiger partial charge on any atom is 0.323 e. The van der Waals surface area contributed by atoms with Crippen LogP contribution in [0.15, 0.2) is 66.7 Å². The summed E-state index contributed by atoms with van der Waals surface area (Å²) in [5.41, 5.74) is 1.90. The minimum Gasteiger partial charge on any atom is -0.491 e. The Balaban J connectivity index is 1.53. The molecule has 188 valence electrons. The topological polar surface area (TPSA) is 76.1 Å². The highest BCUT2D eigenvalue weighted by Crippen LogP contribution is 2.38. The van der Waals surface area contributed by atoms with Gasteiger partial charge in [-0.15, -0.1) is 0 Å². The Kier molecular flexibility index (Phi) is 7.29. The van der Waals surface area contributed by atoms with E-state index in [0.29, 0.717) is 35.5 Å². The van der Waals surface area contributed by atoms with Crippen LogP contribution in [0.5, 0.6) is 11.5 Å². The number of rotatable bonds is 9. The lowest BCUT2D eigenvalue weighted by Crippen LogP contribution is -2.35. The number of aliphatic carboxylic acids is 1. The zero-order valence-corrected chi connectivity index (χ0v) is 20.7. The molecule has 1 atom stereocenters. The van der Waals surface area contributed by atoms with Gasteiger partial charge in [0.15, 0.2) is 0 Å². The summed E-state index contributed by atoms with van der Waals surface area (Å²) in [6.45, 7) is 5.45. The van der Waals surface area contributed by atoms with Crippen LogP contribution < -0.4 is 9.47 Å². The highest BCUT2D eigenvalue weighted by Gasteiger charge is 2.36. The molecule has 0 fully saturated rings. The van der Waals surface area contributed by atoms with E-state index in [4.69, 9.17) is 9.47 Å². The fraction of sp³-hybridized carbons (Fsp3) is 0.310. The highest BCUT2D eigenvalue weighted by atomic mass is 19.1. The van der Waals surface area contributed by atoms with Crippen molar-refractivity contribution >= 4 is 11.9 Å². The molecule has 0 aromatic heterocycles. The normalized spacial score (nSPS) is 16.4. The van der Waals surface area contributed by atoms with Crippen LogP contribution in [0.3, 0.4) is 0 Å². The number of hydrogen-bond donors (Lipinski definition) is 1. The van der Waals surface area contributed by atoms with E-state index in [0.717, 1.165) is 11.1 Å². The van der Waals surface area contributed by atoms with Gasteiger partial charge in [0.05, 0.1) is 6.10 Å². The summed E-state index contributed by atoms with van der Waals surface area (Å²) in [5, 5.41) is 9.45. The molecular formula is C29H30FNO5. The number of nitrogens with zero attached hydrogens (tertiary/aromatic N) is 1. The maximum absolute atomic E-state index is 14.2. The van der Waals surface area contributed by atoms with Crippen molar-refractivity contribution in [3.05, 3.63) is 94.8 Å². The first-order valence-electron chi connectivity index (χ1n) is 11.9. The third-order valence-electron chi connectivity index (χ3n) is 6.01. The molecule has 0 aliphatic carbocycles. The Morgan fingerprint density at radius 3 is 2.61 bits per heavy atom. The Bertz CT molecular complexity index is 1270. The summed E-state index contributed by atoms with van der Waals surface area (Å²) >= 11 is 0. The summed E-state index contributed by atoms with van der Waals surface area (Å²) in [4.78, 5) is 26.2. The molecule has 0 radical (unpaired) electrons. The molecule has 1 aliphatic rings. The van der Waals surface area contributed by atoms with Gasteiger partial charge in [-0.2, -0.15) is 0 Å². The lowest BCUT2D eigenvalue weighted by Gasteiger charge is -2.24. The van der Waals surface area contributed by atoms with Gasteiger partial charge in [-0.05, 0) is 73.9 Å². The van der Waals surface area contributed by atoms with Crippen LogP contribution in [0.25, 0.3) is 0 Å². The molecule has 0 saturated heterocycles. The first-order chi connectivity index (χ1) is 17.1.